The molecule has 0 aromatic heterocycles. The van der Waals surface area contributed by atoms with Crippen molar-refractivity contribution in [2.24, 2.45) is 0 Å². The Morgan fingerprint density at radius 2 is 1.80 bits per heavy atom. The molecule has 0 amide bonds. The third-order valence-electron chi connectivity index (χ3n) is 3.75. The Labute approximate surface area is 143 Å². The summed E-state index contributed by atoms with van der Waals surface area (Å²) in [6.45, 7) is 0. The van der Waals surface area contributed by atoms with Crippen LogP contribution in [0, 0.1) is 10.1 Å². The fourth-order valence-corrected chi connectivity index (χ4v) is 2.53. The van der Waals surface area contributed by atoms with E-state index in [2.05, 4.69) is 0 Å². The zero-order chi connectivity index (χ0) is 17.8. The van der Waals surface area contributed by atoms with Gasteiger partial charge in [0.15, 0.2) is 0 Å². The molecule has 0 spiro atoms. The number of ether oxygens (including phenoxy) is 2. The molecule has 0 atom stereocenters. The number of esters is 1. The second kappa shape index (κ2) is 7.00. The molecule has 0 heterocycles. The van der Waals surface area contributed by atoms with Crippen molar-refractivity contribution in [2.45, 2.75) is 6.42 Å². The number of hydrogen-bond donors (Lipinski definition) is 0. The summed E-state index contributed by atoms with van der Waals surface area (Å²) in [6, 6.07) is 17.6. The van der Waals surface area contributed by atoms with Gasteiger partial charge in [-0.3, -0.25) is 14.9 Å². The van der Waals surface area contributed by atoms with E-state index in [1.54, 1.807) is 0 Å². The van der Waals surface area contributed by atoms with E-state index < -0.39 is 10.9 Å². The topological polar surface area (TPSA) is 78.7 Å². The molecular weight excluding hydrogens is 322 g/mol. The predicted molar refractivity (Wildman–Crippen MR) is 92.9 cm³/mol. The standard InChI is InChI=1S/C19H15NO5/c1-24-16-8-9-18(17(12-16)20(22)23)25-19(21)11-13-6-7-14-4-2-3-5-15(14)10-13/h2-10,12H,11H2,1H3. The number of nitro groups is 1. The maximum absolute atomic E-state index is 12.2. The summed E-state index contributed by atoms with van der Waals surface area (Å²) < 4.78 is 10.1. The zero-order valence-electron chi connectivity index (χ0n) is 13.5. The lowest BCUT2D eigenvalue weighted by atomic mass is 10.1. The number of nitro benzene ring substituents is 1. The van der Waals surface area contributed by atoms with Gasteiger partial charge in [0.1, 0.15) is 5.75 Å². The molecule has 3 rings (SSSR count). The molecule has 0 bridgehead atoms. The number of fused-ring (bicyclic) bond motifs is 1. The van der Waals surface area contributed by atoms with Crippen LogP contribution in [0.1, 0.15) is 5.56 Å². The normalized spacial score (nSPS) is 10.4. The van der Waals surface area contributed by atoms with Crippen LogP contribution in [0.3, 0.4) is 0 Å². The smallest absolute Gasteiger partial charge is 0.315 e. The minimum Gasteiger partial charge on any atom is -0.496 e. The van der Waals surface area contributed by atoms with Gasteiger partial charge in [-0.05, 0) is 28.5 Å². The van der Waals surface area contributed by atoms with Crippen LogP contribution in [0.2, 0.25) is 0 Å². The van der Waals surface area contributed by atoms with Gasteiger partial charge in [0.2, 0.25) is 5.75 Å². The molecule has 0 saturated heterocycles. The number of rotatable bonds is 5. The summed E-state index contributed by atoms with van der Waals surface area (Å²) in [5.74, 6) is -0.346. The first-order chi connectivity index (χ1) is 12.1. The van der Waals surface area contributed by atoms with E-state index in [0.29, 0.717) is 5.75 Å². The molecule has 0 radical (unpaired) electrons. The first-order valence-electron chi connectivity index (χ1n) is 7.57. The third kappa shape index (κ3) is 3.74. The summed E-state index contributed by atoms with van der Waals surface area (Å²) >= 11 is 0. The van der Waals surface area contributed by atoms with Crippen LogP contribution >= 0.6 is 0 Å². The van der Waals surface area contributed by atoms with Crippen molar-refractivity contribution >= 4 is 22.4 Å². The average Bonchev–Trinajstić information content (AvgIpc) is 2.61. The summed E-state index contributed by atoms with van der Waals surface area (Å²) in [4.78, 5) is 22.7. The first kappa shape index (κ1) is 16.4. The van der Waals surface area contributed by atoms with Crippen LogP contribution < -0.4 is 9.47 Å². The van der Waals surface area contributed by atoms with Gasteiger partial charge in [-0.2, -0.15) is 0 Å². The van der Waals surface area contributed by atoms with E-state index in [-0.39, 0.29) is 17.9 Å². The van der Waals surface area contributed by atoms with E-state index >= 15 is 0 Å². The number of carbonyl (C=O) groups excluding carboxylic acids is 1. The third-order valence-corrected chi connectivity index (χ3v) is 3.75. The Morgan fingerprint density at radius 3 is 2.52 bits per heavy atom. The Kier molecular flexibility index (Phi) is 4.61. The lowest BCUT2D eigenvalue weighted by Crippen LogP contribution is -2.12. The maximum atomic E-state index is 12.2. The van der Waals surface area contributed by atoms with Gasteiger partial charge in [-0.25, -0.2) is 0 Å². The van der Waals surface area contributed by atoms with E-state index in [9.17, 15) is 14.9 Å². The van der Waals surface area contributed by atoms with Crippen LogP contribution in [0.15, 0.2) is 60.7 Å². The second-order valence-electron chi connectivity index (χ2n) is 5.42. The largest absolute Gasteiger partial charge is 0.496 e. The highest BCUT2D eigenvalue weighted by Crippen LogP contribution is 2.31. The number of nitrogens with zero attached hydrogens (tertiary/aromatic N) is 1. The molecule has 0 aliphatic heterocycles. The van der Waals surface area contributed by atoms with Crippen LogP contribution in [-0.4, -0.2) is 18.0 Å². The maximum Gasteiger partial charge on any atom is 0.315 e. The van der Waals surface area contributed by atoms with Gasteiger partial charge in [0, 0.05) is 0 Å². The van der Waals surface area contributed by atoms with Crippen molar-refractivity contribution in [3.63, 3.8) is 0 Å². The second-order valence-corrected chi connectivity index (χ2v) is 5.42. The van der Waals surface area contributed by atoms with Crippen LogP contribution in [0.5, 0.6) is 11.5 Å². The first-order valence-corrected chi connectivity index (χ1v) is 7.57. The molecule has 0 aliphatic rings. The lowest BCUT2D eigenvalue weighted by molar-refractivity contribution is -0.385. The molecule has 0 aliphatic carbocycles. The van der Waals surface area contributed by atoms with E-state index in [0.717, 1.165) is 16.3 Å². The lowest BCUT2D eigenvalue weighted by Gasteiger charge is -2.07. The molecule has 6 heteroatoms. The van der Waals surface area contributed by atoms with Gasteiger partial charge >= 0.3 is 11.7 Å². The molecule has 3 aromatic carbocycles. The molecule has 126 valence electrons. The van der Waals surface area contributed by atoms with Gasteiger partial charge in [0.05, 0.1) is 24.5 Å². The summed E-state index contributed by atoms with van der Waals surface area (Å²) in [5, 5.41) is 13.2. The quantitative estimate of drug-likeness (QED) is 0.305. The van der Waals surface area contributed by atoms with Crippen molar-refractivity contribution in [1.82, 2.24) is 0 Å². The number of benzene rings is 3. The molecule has 6 nitrogen and oxygen atoms in total. The van der Waals surface area contributed by atoms with Gasteiger partial charge in [-0.1, -0.05) is 42.5 Å². The fourth-order valence-electron chi connectivity index (χ4n) is 2.53. The number of carbonyl (C=O) groups is 1. The Hall–Kier alpha value is -3.41. The molecule has 0 unspecified atom stereocenters. The fraction of sp³-hybridized carbons (Fsp3) is 0.105. The minimum atomic E-state index is -0.610. The summed E-state index contributed by atoms with van der Waals surface area (Å²) in [6.07, 6.45) is 0.0218. The van der Waals surface area contributed by atoms with Gasteiger partial charge < -0.3 is 9.47 Å². The predicted octanol–water partition coefficient (Wildman–Crippen LogP) is 3.90. The van der Waals surface area contributed by atoms with E-state index in [4.69, 9.17) is 9.47 Å². The minimum absolute atomic E-state index is 0.0218. The highest BCUT2D eigenvalue weighted by Gasteiger charge is 2.19. The van der Waals surface area contributed by atoms with Crippen molar-refractivity contribution < 1.29 is 19.2 Å². The van der Waals surface area contributed by atoms with Crippen molar-refractivity contribution in [3.8, 4) is 11.5 Å². The summed E-state index contributed by atoms with van der Waals surface area (Å²) in [7, 11) is 1.41. The summed E-state index contributed by atoms with van der Waals surface area (Å²) in [5.41, 5.74) is 0.464. The van der Waals surface area contributed by atoms with Gasteiger partial charge in [0.25, 0.3) is 0 Å². The number of methoxy groups -OCH3 is 1. The van der Waals surface area contributed by atoms with Crippen LogP contribution in [-0.2, 0) is 11.2 Å². The SMILES string of the molecule is COc1ccc(OC(=O)Cc2ccc3ccccc3c2)c([N+](=O)[O-])c1. The number of hydrogen-bond acceptors (Lipinski definition) is 5. The zero-order valence-corrected chi connectivity index (χ0v) is 13.5. The Morgan fingerprint density at radius 1 is 1.04 bits per heavy atom. The molecule has 0 N–H and O–H groups in total. The van der Waals surface area contributed by atoms with Crippen molar-refractivity contribution in [3.05, 3.63) is 76.3 Å². The Balaban J connectivity index is 1.78. The molecule has 0 fully saturated rings. The molecule has 0 saturated carbocycles. The monoisotopic (exact) mass is 337 g/mol. The highest BCUT2D eigenvalue weighted by atomic mass is 16.6. The molecule has 25 heavy (non-hydrogen) atoms. The molecule has 3 aromatic rings. The van der Waals surface area contributed by atoms with Crippen LogP contribution in [0.4, 0.5) is 5.69 Å². The van der Waals surface area contributed by atoms with Crippen molar-refractivity contribution in [1.29, 1.82) is 0 Å². The average molecular weight is 337 g/mol. The van der Waals surface area contributed by atoms with Crippen molar-refractivity contribution in [2.75, 3.05) is 7.11 Å². The highest BCUT2D eigenvalue weighted by molar-refractivity contribution is 5.85. The van der Waals surface area contributed by atoms with Gasteiger partial charge in [-0.15, -0.1) is 0 Å². The van der Waals surface area contributed by atoms with E-state index in [1.807, 2.05) is 42.5 Å². The Bertz CT molecular complexity index is 951. The van der Waals surface area contributed by atoms with E-state index in [1.165, 1.54) is 25.3 Å². The van der Waals surface area contributed by atoms with Crippen LogP contribution in [0.25, 0.3) is 10.8 Å². The molecular formula is C19H15NO5.